The number of halogens is 2. The molecule has 2 aromatic rings. The summed E-state index contributed by atoms with van der Waals surface area (Å²) in [7, 11) is 0. The fourth-order valence-corrected chi connectivity index (χ4v) is 10.5. The lowest BCUT2D eigenvalue weighted by molar-refractivity contribution is -0.133. The minimum absolute atomic E-state index is 0.0201. The quantitative estimate of drug-likeness (QED) is 0.401. The second-order valence-electron chi connectivity index (χ2n) is 13.3. The topological polar surface area (TPSA) is 72.2 Å². The van der Waals surface area contributed by atoms with E-state index in [1.165, 1.54) is 12.2 Å². The van der Waals surface area contributed by atoms with Gasteiger partial charge < -0.3 is 5.11 Å². The Bertz CT molecular complexity index is 1630. The van der Waals surface area contributed by atoms with Gasteiger partial charge in [0, 0.05) is 11.3 Å². The predicted octanol–water partition coefficient (Wildman–Crippen LogP) is 7.50. The number of fused-ring (bicyclic) bond motifs is 6. The number of carboxylic acids is 1. The Morgan fingerprint density at radius 3 is 2.67 bits per heavy atom. The number of hydrogen-bond donors (Lipinski definition) is 1. The van der Waals surface area contributed by atoms with Crippen LogP contribution in [0.5, 0.6) is 0 Å². The van der Waals surface area contributed by atoms with Crippen LogP contribution in [0.4, 0.5) is 8.78 Å². The highest BCUT2D eigenvalue weighted by molar-refractivity contribution is 8.15. The molecule has 1 heterocycles. The van der Waals surface area contributed by atoms with E-state index in [4.69, 9.17) is 0 Å². The summed E-state index contributed by atoms with van der Waals surface area (Å²) in [5.74, 6) is -1.78. The van der Waals surface area contributed by atoms with E-state index in [-0.39, 0.29) is 34.6 Å². The molecule has 0 spiro atoms. The van der Waals surface area contributed by atoms with E-state index < -0.39 is 33.3 Å². The highest BCUT2D eigenvalue weighted by Crippen LogP contribution is 2.68. The molecular formula is C34H34F2N2O3S. The molecule has 2 saturated carbocycles. The number of nitrogens with zero attached hydrogens (tertiary/aromatic N) is 2. The van der Waals surface area contributed by atoms with Gasteiger partial charge in [0.25, 0.3) is 0 Å². The first kappa shape index (κ1) is 27.6. The molecule has 1 aromatic heterocycles. The molecule has 5 nitrogen and oxygen atoms in total. The largest absolute Gasteiger partial charge is 0.478 e. The fraction of sp³-hybridized carbons (Fsp3) is 0.441. The molecule has 5 aliphatic rings. The minimum Gasteiger partial charge on any atom is -0.478 e. The van der Waals surface area contributed by atoms with Crippen molar-refractivity contribution in [2.24, 2.45) is 40.4 Å². The van der Waals surface area contributed by atoms with Crippen molar-refractivity contribution < 1.29 is 23.5 Å². The van der Waals surface area contributed by atoms with E-state index in [2.05, 4.69) is 18.9 Å². The Labute approximate surface area is 248 Å². The SMILES string of the molecule is C[C@H]1CC2C3C=C(F)C4=Cc5c(cnn5-c5ccccc5)CC4(C)C3CCC2(C)C1C(=O)SC1(F)C=CC=C1C(=O)O. The Morgan fingerprint density at radius 1 is 1.17 bits per heavy atom. The summed E-state index contributed by atoms with van der Waals surface area (Å²) in [4.78, 5) is 25.4. The Balaban J connectivity index is 1.21. The third kappa shape index (κ3) is 3.83. The highest BCUT2D eigenvalue weighted by Gasteiger charge is 2.63. The van der Waals surface area contributed by atoms with Crippen molar-refractivity contribution in [2.45, 2.75) is 51.5 Å². The third-order valence-electron chi connectivity index (χ3n) is 11.1. The Kier molecular flexibility index (Phi) is 6.15. The summed E-state index contributed by atoms with van der Waals surface area (Å²) in [6, 6.07) is 9.88. The lowest BCUT2D eigenvalue weighted by atomic mass is 9.48. The van der Waals surface area contributed by atoms with Gasteiger partial charge in [-0.15, -0.1) is 0 Å². The predicted molar refractivity (Wildman–Crippen MR) is 159 cm³/mol. The van der Waals surface area contributed by atoms with E-state index in [9.17, 15) is 14.7 Å². The van der Waals surface area contributed by atoms with E-state index in [0.717, 1.165) is 47.9 Å². The van der Waals surface area contributed by atoms with Gasteiger partial charge in [0.05, 0.1) is 23.2 Å². The maximum atomic E-state index is 16.2. The number of benzene rings is 1. The maximum absolute atomic E-state index is 16.2. The average Bonchev–Trinajstić information content (AvgIpc) is 3.60. The fourth-order valence-electron chi connectivity index (χ4n) is 9.21. The number of allylic oxidation sites excluding steroid dienone is 5. The zero-order chi connectivity index (χ0) is 29.6. The summed E-state index contributed by atoms with van der Waals surface area (Å²) >= 11 is 0.492. The lowest BCUT2D eigenvalue weighted by Gasteiger charge is -2.56. The molecule has 0 aliphatic heterocycles. The molecule has 0 amide bonds. The second kappa shape index (κ2) is 9.37. The van der Waals surface area contributed by atoms with E-state index in [1.54, 1.807) is 0 Å². The molecule has 1 N–H and O–H groups in total. The van der Waals surface area contributed by atoms with Crippen LogP contribution in [-0.2, 0) is 16.0 Å². The van der Waals surface area contributed by atoms with Crippen LogP contribution >= 0.6 is 11.8 Å². The van der Waals surface area contributed by atoms with E-state index in [1.807, 2.05) is 60.3 Å². The van der Waals surface area contributed by atoms with Crippen LogP contribution in [0.25, 0.3) is 11.8 Å². The number of aromatic nitrogens is 2. The molecule has 7 rings (SSSR count). The molecule has 2 fully saturated rings. The normalized spacial score (nSPS) is 38.0. The number of alkyl halides is 1. The van der Waals surface area contributed by atoms with Crippen molar-refractivity contribution in [1.29, 1.82) is 0 Å². The van der Waals surface area contributed by atoms with Crippen LogP contribution in [-0.4, -0.2) is 31.0 Å². The summed E-state index contributed by atoms with van der Waals surface area (Å²) < 4.78 is 33.8. The zero-order valence-electron chi connectivity index (χ0n) is 23.9. The third-order valence-corrected chi connectivity index (χ3v) is 12.2. The van der Waals surface area contributed by atoms with Gasteiger partial charge in [0.2, 0.25) is 5.00 Å². The van der Waals surface area contributed by atoms with Gasteiger partial charge in [-0.05, 0) is 114 Å². The maximum Gasteiger partial charge on any atom is 0.336 e. The van der Waals surface area contributed by atoms with Gasteiger partial charge in [0.15, 0.2) is 5.12 Å². The number of thioether (sulfide) groups is 1. The van der Waals surface area contributed by atoms with Crippen LogP contribution in [0.2, 0.25) is 0 Å². The van der Waals surface area contributed by atoms with E-state index in [0.29, 0.717) is 18.2 Å². The highest BCUT2D eigenvalue weighted by atomic mass is 32.2. The summed E-state index contributed by atoms with van der Waals surface area (Å²) in [5.41, 5.74) is 2.44. The van der Waals surface area contributed by atoms with Crippen molar-refractivity contribution in [2.75, 3.05) is 0 Å². The molecular weight excluding hydrogens is 554 g/mol. The van der Waals surface area contributed by atoms with Gasteiger partial charge in [-0.1, -0.05) is 45.0 Å². The number of carbonyl (C=O) groups excluding carboxylic acids is 1. The van der Waals surface area contributed by atoms with Crippen LogP contribution in [0.1, 0.15) is 51.3 Å². The van der Waals surface area contributed by atoms with Gasteiger partial charge in [-0.3, -0.25) is 4.79 Å². The molecule has 0 bridgehead atoms. The summed E-state index contributed by atoms with van der Waals surface area (Å²) in [5, 5.41) is 11.5. The number of carbonyl (C=O) groups is 2. The summed E-state index contributed by atoms with van der Waals surface area (Å²) in [6.07, 6.45) is 12.5. The van der Waals surface area contributed by atoms with Crippen molar-refractivity contribution in [3.63, 3.8) is 0 Å². The standard InChI is InChI=1S/C34H34F2N2O3S/c1-19-14-25-22-15-27(35)26-16-28-20(18-37-38(28)21-8-5-4-6-9-21)17-33(26,3)23(22)11-13-32(25,2)29(19)31(41)42-34(36)12-7-10-24(34)30(39)40/h4-10,12,15-16,18-19,22-23,25,29H,11,13-14,17H2,1-3H3,(H,39,40)/t19-,22?,23?,25?,29?,32?,33?,34?/m0/s1. The van der Waals surface area contributed by atoms with Crippen LogP contribution in [0.3, 0.4) is 0 Å². The molecule has 218 valence electrons. The Morgan fingerprint density at radius 2 is 1.93 bits per heavy atom. The smallest absolute Gasteiger partial charge is 0.336 e. The van der Waals surface area contributed by atoms with E-state index >= 15 is 8.78 Å². The number of hydrogen-bond acceptors (Lipinski definition) is 4. The molecule has 5 aliphatic carbocycles. The molecule has 0 saturated heterocycles. The first-order valence-electron chi connectivity index (χ1n) is 14.7. The Hall–Kier alpha value is -3.26. The lowest BCUT2D eigenvalue weighted by Crippen LogP contribution is -2.50. The number of aliphatic carboxylic acids is 1. The molecule has 8 heteroatoms. The summed E-state index contributed by atoms with van der Waals surface area (Å²) in [6.45, 7) is 6.34. The first-order chi connectivity index (χ1) is 20.0. The minimum atomic E-state index is -2.37. The van der Waals surface area contributed by atoms with Crippen molar-refractivity contribution in [3.05, 3.63) is 89.1 Å². The van der Waals surface area contributed by atoms with Gasteiger partial charge in [-0.25, -0.2) is 18.3 Å². The van der Waals surface area contributed by atoms with Crippen LogP contribution < -0.4 is 0 Å². The van der Waals surface area contributed by atoms with Crippen LogP contribution in [0.15, 0.2) is 77.8 Å². The monoisotopic (exact) mass is 588 g/mol. The molecule has 1 aromatic carbocycles. The van der Waals surface area contributed by atoms with Crippen molar-refractivity contribution in [3.8, 4) is 5.69 Å². The van der Waals surface area contributed by atoms with Gasteiger partial charge >= 0.3 is 5.97 Å². The molecule has 8 atom stereocenters. The molecule has 0 radical (unpaired) electrons. The van der Waals surface area contributed by atoms with Gasteiger partial charge in [0.1, 0.15) is 5.83 Å². The van der Waals surface area contributed by atoms with Crippen molar-refractivity contribution in [1.82, 2.24) is 9.78 Å². The second-order valence-corrected chi connectivity index (χ2v) is 14.5. The number of para-hydroxylation sites is 1. The number of rotatable bonds is 4. The van der Waals surface area contributed by atoms with Gasteiger partial charge in [-0.2, -0.15) is 5.10 Å². The molecule has 42 heavy (non-hydrogen) atoms. The van der Waals surface area contributed by atoms with Crippen molar-refractivity contribution >= 4 is 28.9 Å². The molecule has 7 unspecified atom stereocenters. The van der Waals surface area contributed by atoms with Crippen LogP contribution in [0, 0.1) is 40.4 Å². The first-order valence-corrected chi connectivity index (χ1v) is 15.6. The average molecular weight is 589 g/mol. The zero-order valence-corrected chi connectivity index (χ0v) is 24.7. The number of carboxylic acid groups (broad SMARTS) is 1.